The lowest BCUT2D eigenvalue weighted by atomic mass is 9.96. The normalized spacial score (nSPS) is 26.1. The molecule has 1 unspecified atom stereocenters. The van der Waals surface area contributed by atoms with Crippen molar-refractivity contribution in [2.24, 2.45) is 4.99 Å². The van der Waals surface area contributed by atoms with E-state index in [0.717, 1.165) is 30.4 Å². The molecule has 6 heteroatoms. The molecule has 126 valence electrons. The second-order valence-electron chi connectivity index (χ2n) is 6.57. The number of benzene rings is 1. The lowest BCUT2D eigenvalue weighted by molar-refractivity contribution is 0.0724. The van der Waals surface area contributed by atoms with Crippen molar-refractivity contribution in [2.75, 3.05) is 31.6 Å². The highest BCUT2D eigenvalue weighted by Gasteiger charge is 2.45. The first-order chi connectivity index (χ1) is 11.1. The van der Waals surface area contributed by atoms with Crippen LogP contribution in [0, 0.1) is 0 Å². The van der Waals surface area contributed by atoms with Crippen molar-refractivity contribution < 1.29 is 5.11 Å². The second kappa shape index (κ2) is 7.03. The molecule has 3 rings (SSSR count). The molecule has 0 amide bonds. The molecule has 0 radical (unpaired) electrons. The summed E-state index contributed by atoms with van der Waals surface area (Å²) in [5, 5.41) is 17.1. The van der Waals surface area contributed by atoms with E-state index in [-0.39, 0.29) is 5.41 Å². The van der Waals surface area contributed by atoms with E-state index in [2.05, 4.69) is 55.8 Å². The van der Waals surface area contributed by atoms with E-state index in [9.17, 15) is 5.11 Å². The van der Waals surface area contributed by atoms with Crippen LogP contribution in [0.2, 0.25) is 0 Å². The van der Waals surface area contributed by atoms with Crippen molar-refractivity contribution in [3.05, 3.63) is 34.3 Å². The standard InChI is InChI=1S/C17H24BrN3OS/c1-19-15(21-11-17(22)8-9-23-12-17)20-10-16(6-7-16)13-4-2-3-5-14(13)18/h2-5,22H,6-12H2,1H3,(H2,19,20,21). The fourth-order valence-corrected chi connectivity index (χ4v) is 5.04. The number of aliphatic hydroxyl groups is 1. The minimum Gasteiger partial charge on any atom is -0.387 e. The molecule has 3 N–H and O–H groups in total. The van der Waals surface area contributed by atoms with Gasteiger partial charge < -0.3 is 15.7 Å². The number of nitrogens with one attached hydrogen (secondary N) is 2. The Kier molecular flexibility index (Phi) is 5.23. The van der Waals surface area contributed by atoms with Gasteiger partial charge in [-0.1, -0.05) is 34.1 Å². The zero-order valence-corrected chi connectivity index (χ0v) is 15.8. The van der Waals surface area contributed by atoms with Gasteiger partial charge in [-0.3, -0.25) is 4.99 Å². The first-order valence-corrected chi connectivity index (χ1v) is 10.0. The van der Waals surface area contributed by atoms with E-state index < -0.39 is 5.60 Å². The average molecular weight is 398 g/mol. The molecule has 0 spiro atoms. The van der Waals surface area contributed by atoms with Gasteiger partial charge in [0.2, 0.25) is 0 Å². The molecule has 23 heavy (non-hydrogen) atoms. The number of rotatable bonds is 5. The third kappa shape index (κ3) is 4.03. The highest BCUT2D eigenvalue weighted by molar-refractivity contribution is 9.10. The Hall–Kier alpha value is -0.720. The highest BCUT2D eigenvalue weighted by atomic mass is 79.9. The monoisotopic (exact) mass is 397 g/mol. The van der Waals surface area contributed by atoms with Crippen molar-refractivity contribution in [2.45, 2.75) is 30.3 Å². The predicted molar refractivity (Wildman–Crippen MR) is 101 cm³/mol. The summed E-state index contributed by atoms with van der Waals surface area (Å²) in [6.45, 7) is 1.42. The maximum absolute atomic E-state index is 10.4. The molecule has 0 bridgehead atoms. The van der Waals surface area contributed by atoms with Crippen LogP contribution in [-0.2, 0) is 5.41 Å². The minimum absolute atomic E-state index is 0.206. The Labute approximate surface area is 150 Å². The Morgan fingerprint density at radius 2 is 2.00 bits per heavy atom. The van der Waals surface area contributed by atoms with Gasteiger partial charge in [0.1, 0.15) is 0 Å². The number of halogens is 1. The van der Waals surface area contributed by atoms with Crippen molar-refractivity contribution >= 4 is 33.7 Å². The smallest absolute Gasteiger partial charge is 0.191 e. The van der Waals surface area contributed by atoms with Gasteiger partial charge in [0, 0.05) is 35.8 Å². The van der Waals surface area contributed by atoms with Gasteiger partial charge >= 0.3 is 0 Å². The van der Waals surface area contributed by atoms with Crippen LogP contribution in [0.5, 0.6) is 0 Å². The topological polar surface area (TPSA) is 56.7 Å². The molecule has 2 aliphatic rings. The van der Waals surface area contributed by atoms with E-state index in [0.29, 0.717) is 6.54 Å². The van der Waals surface area contributed by atoms with Crippen LogP contribution in [0.25, 0.3) is 0 Å². The number of aliphatic imine (C=N–C) groups is 1. The Balaban J connectivity index is 1.55. The maximum Gasteiger partial charge on any atom is 0.191 e. The number of thioether (sulfide) groups is 1. The van der Waals surface area contributed by atoms with Crippen LogP contribution < -0.4 is 10.6 Å². The Morgan fingerprint density at radius 1 is 1.26 bits per heavy atom. The molecular weight excluding hydrogens is 374 g/mol. The van der Waals surface area contributed by atoms with Crippen LogP contribution in [0.15, 0.2) is 33.7 Å². The van der Waals surface area contributed by atoms with Crippen molar-refractivity contribution in [3.8, 4) is 0 Å². The third-order valence-corrected chi connectivity index (χ3v) is 6.71. The summed E-state index contributed by atoms with van der Waals surface area (Å²) in [4.78, 5) is 4.29. The lowest BCUT2D eigenvalue weighted by Crippen LogP contribution is -2.48. The highest BCUT2D eigenvalue weighted by Crippen LogP contribution is 2.49. The molecule has 2 fully saturated rings. The summed E-state index contributed by atoms with van der Waals surface area (Å²) >= 11 is 5.48. The summed E-state index contributed by atoms with van der Waals surface area (Å²) in [6, 6.07) is 8.46. The molecule has 0 aromatic heterocycles. The fraction of sp³-hybridized carbons (Fsp3) is 0.588. The summed E-state index contributed by atoms with van der Waals surface area (Å²) in [6.07, 6.45) is 3.24. The quantitative estimate of drug-likeness (QED) is 0.527. The Bertz CT molecular complexity index is 583. The third-order valence-electron chi connectivity index (χ3n) is 4.78. The molecule has 1 aromatic rings. The molecule has 1 heterocycles. The zero-order chi connectivity index (χ0) is 16.3. The number of hydrogen-bond acceptors (Lipinski definition) is 3. The average Bonchev–Trinajstić information content (AvgIpc) is 3.22. The summed E-state index contributed by atoms with van der Waals surface area (Å²) in [7, 11) is 1.78. The van der Waals surface area contributed by atoms with Gasteiger partial charge in [0.05, 0.1) is 5.60 Å². The molecule has 1 saturated heterocycles. The molecule has 1 aliphatic carbocycles. The van der Waals surface area contributed by atoms with Crippen molar-refractivity contribution in [3.63, 3.8) is 0 Å². The van der Waals surface area contributed by atoms with Gasteiger partial charge in [-0.15, -0.1) is 0 Å². The Morgan fingerprint density at radius 3 is 2.61 bits per heavy atom. The number of nitrogens with zero attached hydrogens (tertiary/aromatic N) is 1. The number of guanidine groups is 1. The van der Waals surface area contributed by atoms with Gasteiger partial charge in [0.15, 0.2) is 5.96 Å². The van der Waals surface area contributed by atoms with Crippen LogP contribution in [0.1, 0.15) is 24.8 Å². The first-order valence-electron chi connectivity index (χ1n) is 8.07. The largest absolute Gasteiger partial charge is 0.387 e. The van der Waals surface area contributed by atoms with E-state index in [1.807, 2.05) is 11.8 Å². The molecule has 1 aromatic carbocycles. The summed E-state index contributed by atoms with van der Waals surface area (Å²) in [5.74, 6) is 2.61. The van der Waals surface area contributed by atoms with E-state index in [4.69, 9.17) is 0 Å². The van der Waals surface area contributed by atoms with E-state index in [1.54, 1.807) is 7.05 Å². The molecular formula is C17H24BrN3OS. The number of hydrogen-bond donors (Lipinski definition) is 3. The van der Waals surface area contributed by atoms with E-state index >= 15 is 0 Å². The van der Waals surface area contributed by atoms with Crippen LogP contribution >= 0.6 is 27.7 Å². The van der Waals surface area contributed by atoms with E-state index in [1.165, 1.54) is 22.9 Å². The van der Waals surface area contributed by atoms with Gasteiger partial charge in [-0.2, -0.15) is 11.8 Å². The van der Waals surface area contributed by atoms with Gasteiger partial charge in [0.25, 0.3) is 0 Å². The lowest BCUT2D eigenvalue weighted by Gasteiger charge is -2.24. The maximum atomic E-state index is 10.4. The van der Waals surface area contributed by atoms with Crippen molar-refractivity contribution in [1.82, 2.24) is 10.6 Å². The molecule has 1 aliphatic heterocycles. The van der Waals surface area contributed by atoms with Crippen LogP contribution in [-0.4, -0.2) is 48.3 Å². The zero-order valence-electron chi connectivity index (χ0n) is 13.4. The predicted octanol–water partition coefficient (Wildman–Crippen LogP) is 2.51. The second-order valence-corrected chi connectivity index (χ2v) is 8.53. The minimum atomic E-state index is -0.595. The molecule has 4 nitrogen and oxygen atoms in total. The molecule has 1 saturated carbocycles. The van der Waals surface area contributed by atoms with Crippen molar-refractivity contribution in [1.29, 1.82) is 0 Å². The summed E-state index contributed by atoms with van der Waals surface area (Å²) < 4.78 is 1.18. The fourth-order valence-electron chi connectivity index (χ4n) is 3.04. The van der Waals surface area contributed by atoms with Crippen LogP contribution in [0.3, 0.4) is 0 Å². The van der Waals surface area contributed by atoms with Gasteiger partial charge in [-0.05, 0) is 36.6 Å². The SMILES string of the molecule is CN=C(NCC1(O)CCSC1)NCC1(c2ccccc2Br)CC1. The summed E-state index contributed by atoms with van der Waals surface area (Å²) in [5.41, 5.74) is 0.980. The van der Waals surface area contributed by atoms with Crippen LogP contribution in [0.4, 0.5) is 0 Å². The molecule has 1 atom stereocenters. The van der Waals surface area contributed by atoms with Gasteiger partial charge in [-0.25, -0.2) is 0 Å². The first kappa shape index (κ1) is 17.1.